The van der Waals surface area contributed by atoms with E-state index in [9.17, 15) is 18.0 Å². The maximum Gasteiger partial charge on any atom is 0.397 e. The third-order valence-corrected chi connectivity index (χ3v) is 11.3. The quantitative estimate of drug-likeness (QED) is 0.0551. The first-order valence-electron chi connectivity index (χ1n) is 16.8. The second-order valence-electron chi connectivity index (χ2n) is 13.2. The standard InChI is InChI=1S/C33H51F4IO7/c1-4-5-17-32(2,33(35,36)37)25(45-28-14-7-9-19-42-28)16-15-21-23(43-27-13-6-8-18-41-27)20-24-29(21)30(34)31(44-24)22(38)11-10-12-26(39)40-3/h15-16,21-25,27-31H,4-14,17-20H2,1-3H3/t21-,22?,23+,24+,25+,27?,28?,29+,30-,31-,32?/m0/s1. The Labute approximate surface area is 278 Å². The fraction of sp³-hybridized carbons (Fsp3) is 0.909. The van der Waals surface area contributed by atoms with Gasteiger partial charge in [0.2, 0.25) is 0 Å². The van der Waals surface area contributed by atoms with Gasteiger partial charge in [0.1, 0.15) is 12.3 Å². The minimum atomic E-state index is -4.53. The van der Waals surface area contributed by atoms with Gasteiger partial charge in [-0.05, 0) is 64.7 Å². The summed E-state index contributed by atoms with van der Waals surface area (Å²) in [5, 5.41) is 0. The molecular formula is C33H51F4IO7. The van der Waals surface area contributed by atoms with Crippen LogP contribution in [0.15, 0.2) is 12.2 Å². The molecular weight excluding hydrogens is 711 g/mol. The minimum Gasteiger partial charge on any atom is -0.469 e. The Morgan fingerprint density at radius 2 is 1.76 bits per heavy atom. The van der Waals surface area contributed by atoms with Gasteiger partial charge in [-0.3, -0.25) is 4.79 Å². The SMILES string of the molecule is CCCCC(C)([C@@H](C=C[C@@H]1[C@H]2[C@H](F)[C@H](C(I)CCCC(=O)OC)O[C@@H]2C[C@H]1OC1CCCCO1)OC1CCCCO1)C(F)(F)F. The van der Waals surface area contributed by atoms with Crippen LogP contribution in [0.1, 0.15) is 97.3 Å². The zero-order valence-corrected chi connectivity index (χ0v) is 28.9. The lowest BCUT2D eigenvalue weighted by Gasteiger charge is -2.40. The number of fused-ring (bicyclic) bond motifs is 1. The number of rotatable bonds is 15. The smallest absolute Gasteiger partial charge is 0.397 e. The summed E-state index contributed by atoms with van der Waals surface area (Å²) in [7, 11) is 1.34. The Bertz CT molecular complexity index is 943. The van der Waals surface area contributed by atoms with Crippen LogP contribution < -0.4 is 0 Å². The van der Waals surface area contributed by atoms with Crippen molar-refractivity contribution in [1.82, 2.24) is 0 Å². The monoisotopic (exact) mass is 762 g/mol. The van der Waals surface area contributed by atoms with Crippen LogP contribution >= 0.6 is 22.6 Å². The van der Waals surface area contributed by atoms with Crippen molar-refractivity contribution in [2.45, 2.75) is 151 Å². The molecule has 0 aromatic carbocycles. The highest BCUT2D eigenvalue weighted by Crippen LogP contribution is 2.51. The van der Waals surface area contributed by atoms with Crippen molar-refractivity contribution in [3.8, 4) is 0 Å². The Kier molecular flexibility index (Phi) is 14.3. The molecule has 7 nitrogen and oxygen atoms in total. The van der Waals surface area contributed by atoms with Crippen molar-refractivity contribution in [2.24, 2.45) is 17.3 Å². The lowest BCUT2D eigenvalue weighted by molar-refractivity contribution is -0.279. The van der Waals surface area contributed by atoms with Crippen LogP contribution in [-0.2, 0) is 33.2 Å². The molecule has 0 aromatic rings. The van der Waals surface area contributed by atoms with Gasteiger partial charge in [0.15, 0.2) is 12.6 Å². The molecule has 260 valence electrons. The van der Waals surface area contributed by atoms with Gasteiger partial charge in [-0.15, -0.1) is 0 Å². The predicted molar refractivity (Wildman–Crippen MR) is 169 cm³/mol. The molecule has 45 heavy (non-hydrogen) atoms. The number of hydrogen-bond acceptors (Lipinski definition) is 7. The van der Waals surface area contributed by atoms with Gasteiger partial charge in [0.05, 0.1) is 30.8 Å². The molecule has 4 aliphatic rings. The molecule has 4 unspecified atom stereocenters. The number of halogens is 5. The first-order valence-corrected chi connectivity index (χ1v) is 18.0. The highest BCUT2D eigenvalue weighted by molar-refractivity contribution is 14.1. The second kappa shape index (κ2) is 17.2. The van der Waals surface area contributed by atoms with Crippen LogP contribution in [0.25, 0.3) is 0 Å². The molecule has 12 heteroatoms. The summed E-state index contributed by atoms with van der Waals surface area (Å²) in [5.74, 6) is -1.42. The summed E-state index contributed by atoms with van der Waals surface area (Å²) in [6, 6.07) is 0. The summed E-state index contributed by atoms with van der Waals surface area (Å²) >= 11 is 2.18. The summed E-state index contributed by atoms with van der Waals surface area (Å²) < 4.78 is 95.7. The van der Waals surface area contributed by atoms with E-state index in [1.807, 2.05) is 6.92 Å². The predicted octanol–water partition coefficient (Wildman–Crippen LogP) is 8.01. The normalized spacial score (nSPS) is 35.2. The van der Waals surface area contributed by atoms with Crippen LogP contribution in [0.3, 0.4) is 0 Å². The fourth-order valence-corrected chi connectivity index (χ4v) is 8.12. The number of unbranched alkanes of at least 4 members (excludes halogenated alkanes) is 1. The van der Waals surface area contributed by atoms with Crippen molar-refractivity contribution in [2.75, 3.05) is 20.3 Å². The van der Waals surface area contributed by atoms with E-state index in [4.69, 9.17) is 28.4 Å². The minimum absolute atomic E-state index is 0.0969. The maximum absolute atomic E-state index is 16.4. The van der Waals surface area contributed by atoms with Gasteiger partial charge in [-0.1, -0.05) is 54.5 Å². The van der Waals surface area contributed by atoms with Gasteiger partial charge in [0, 0.05) is 41.8 Å². The zero-order valence-electron chi connectivity index (χ0n) is 26.8. The van der Waals surface area contributed by atoms with E-state index < -0.39 is 66.6 Å². The number of alkyl halides is 5. The molecule has 3 saturated heterocycles. The molecule has 0 N–H and O–H groups in total. The summed E-state index contributed by atoms with van der Waals surface area (Å²) in [6.45, 7) is 4.12. The van der Waals surface area contributed by atoms with E-state index in [0.29, 0.717) is 51.7 Å². The van der Waals surface area contributed by atoms with E-state index in [2.05, 4.69) is 22.6 Å². The Morgan fingerprint density at radius 3 is 2.36 bits per heavy atom. The molecule has 3 heterocycles. The maximum atomic E-state index is 16.4. The molecule has 4 fully saturated rings. The zero-order chi connectivity index (χ0) is 32.6. The van der Waals surface area contributed by atoms with Crippen molar-refractivity contribution in [3.63, 3.8) is 0 Å². The molecule has 1 aliphatic carbocycles. The number of methoxy groups -OCH3 is 1. The van der Waals surface area contributed by atoms with Crippen molar-refractivity contribution in [1.29, 1.82) is 0 Å². The van der Waals surface area contributed by atoms with Gasteiger partial charge in [0.25, 0.3) is 0 Å². The Morgan fingerprint density at radius 1 is 1.07 bits per heavy atom. The Balaban J connectivity index is 1.59. The fourth-order valence-electron chi connectivity index (χ4n) is 7.11. The lowest BCUT2D eigenvalue weighted by Crippen LogP contribution is -2.48. The van der Waals surface area contributed by atoms with Crippen molar-refractivity contribution in [3.05, 3.63) is 12.2 Å². The highest BCUT2D eigenvalue weighted by Gasteiger charge is 2.58. The molecule has 0 bridgehead atoms. The van der Waals surface area contributed by atoms with E-state index in [1.54, 1.807) is 6.08 Å². The number of hydrogen-bond donors (Lipinski definition) is 0. The van der Waals surface area contributed by atoms with Crippen LogP contribution in [0.4, 0.5) is 17.6 Å². The van der Waals surface area contributed by atoms with E-state index in [-0.39, 0.29) is 22.7 Å². The van der Waals surface area contributed by atoms with Crippen molar-refractivity contribution >= 4 is 28.6 Å². The van der Waals surface area contributed by atoms with E-state index in [1.165, 1.54) is 20.1 Å². The van der Waals surface area contributed by atoms with Crippen LogP contribution in [0, 0.1) is 17.3 Å². The average Bonchev–Trinajstić information content (AvgIpc) is 3.53. The Hall–Kier alpha value is -0.540. The number of ether oxygens (including phenoxy) is 6. The summed E-state index contributed by atoms with van der Waals surface area (Å²) in [4.78, 5) is 11.6. The average molecular weight is 763 g/mol. The molecule has 0 amide bonds. The third-order valence-electron chi connectivity index (χ3n) is 9.96. The van der Waals surface area contributed by atoms with E-state index in [0.717, 1.165) is 32.1 Å². The topological polar surface area (TPSA) is 72.5 Å². The van der Waals surface area contributed by atoms with Gasteiger partial charge < -0.3 is 28.4 Å². The van der Waals surface area contributed by atoms with Crippen LogP contribution in [0.5, 0.6) is 0 Å². The number of carbonyl (C=O) groups excluding carboxylic acids is 1. The largest absolute Gasteiger partial charge is 0.469 e. The highest BCUT2D eigenvalue weighted by atomic mass is 127. The lowest BCUT2D eigenvalue weighted by atomic mass is 9.77. The third kappa shape index (κ3) is 9.55. The van der Waals surface area contributed by atoms with Crippen LogP contribution in [0.2, 0.25) is 0 Å². The molecule has 0 radical (unpaired) electrons. The first-order chi connectivity index (χ1) is 21.5. The van der Waals surface area contributed by atoms with Crippen LogP contribution in [-0.4, -0.2) is 79.6 Å². The van der Waals surface area contributed by atoms with Gasteiger partial charge in [-0.25, -0.2) is 4.39 Å². The molecule has 0 spiro atoms. The summed E-state index contributed by atoms with van der Waals surface area (Å²) in [6.07, 6.45) is 0.779. The second-order valence-corrected chi connectivity index (χ2v) is 14.8. The molecule has 4 rings (SSSR count). The van der Waals surface area contributed by atoms with E-state index >= 15 is 4.39 Å². The van der Waals surface area contributed by atoms with Gasteiger partial charge >= 0.3 is 12.1 Å². The molecule has 11 atom stereocenters. The summed E-state index contributed by atoms with van der Waals surface area (Å²) in [5.41, 5.74) is -2.15. The molecule has 1 saturated carbocycles. The van der Waals surface area contributed by atoms with Gasteiger partial charge in [-0.2, -0.15) is 13.2 Å². The number of esters is 1. The molecule has 0 aromatic heterocycles. The first kappa shape index (κ1) is 37.3. The van der Waals surface area contributed by atoms with Crippen molar-refractivity contribution < 1.29 is 50.8 Å². The number of carbonyl (C=O) groups is 1. The molecule has 3 aliphatic heterocycles.